The van der Waals surface area contributed by atoms with E-state index in [4.69, 9.17) is 4.74 Å². The first-order valence-electron chi connectivity index (χ1n) is 8.27. The lowest BCUT2D eigenvalue weighted by molar-refractivity contribution is -0.117. The van der Waals surface area contributed by atoms with Gasteiger partial charge in [-0.3, -0.25) is 15.0 Å². The predicted molar refractivity (Wildman–Crippen MR) is 96.9 cm³/mol. The van der Waals surface area contributed by atoms with Crippen LogP contribution < -0.4 is 15.2 Å². The van der Waals surface area contributed by atoms with Crippen molar-refractivity contribution >= 4 is 23.6 Å². The number of rotatable bonds is 5. The number of anilines is 1. The third-order valence-corrected chi connectivity index (χ3v) is 3.99. The van der Waals surface area contributed by atoms with Crippen molar-refractivity contribution in [2.45, 2.75) is 26.4 Å². The lowest BCUT2D eigenvalue weighted by Crippen LogP contribution is -2.35. The molecule has 1 unspecified atom stereocenters. The van der Waals surface area contributed by atoms with Gasteiger partial charge in [-0.25, -0.2) is 5.01 Å². The first-order chi connectivity index (χ1) is 12.1. The molecule has 1 heterocycles. The van der Waals surface area contributed by atoms with Gasteiger partial charge in [-0.1, -0.05) is 37.3 Å². The molecule has 1 saturated heterocycles. The van der Waals surface area contributed by atoms with Crippen molar-refractivity contribution in [3.05, 3.63) is 65.7 Å². The largest absolute Gasteiger partial charge is 0.491 e. The van der Waals surface area contributed by atoms with Crippen LogP contribution in [-0.4, -0.2) is 17.9 Å². The predicted octanol–water partition coefficient (Wildman–Crippen LogP) is 3.33. The number of para-hydroxylation sites is 1. The number of ether oxygens (including phenoxy) is 1. The summed E-state index contributed by atoms with van der Waals surface area (Å²) in [5.41, 5.74) is 4.06. The van der Waals surface area contributed by atoms with Gasteiger partial charge in [0.15, 0.2) is 0 Å². The highest BCUT2D eigenvalue weighted by Crippen LogP contribution is 2.23. The van der Waals surface area contributed by atoms with E-state index in [1.807, 2.05) is 49.4 Å². The number of nitrogens with zero attached hydrogens (tertiary/aromatic N) is 1. The molecule has 1 aliphatic rings. The fourth-order valence-electron chi connectivity index (χ4n) is 2.48. The average Bonchev–Trinajstić information content (AvgIpc) is 2.91. The molecule has 1 aliphatic heterocycles. The van der Waals surface area contributed by atoms with Gasteiger partial charge in [0.05, 0.1) is 11.8 Å². The number of hydrazine groups is 1. The van der Waals surface area contributed by atoms with Crippen LogP contribution in [0.15, 0.2) is 60.2 Å². The summed E-state index contributed by atoms with van der Waals surface area (Å²) in [5, 5.41) is 1.26. The monoisotopic (exact) mass is 336 g/mol. The Hall–Kier alpha value is -3.08. The molecule has 0 bridgehead atoms. The van der Waals surface area contributed by atoms with Gasteiger partial charge in [0, 0.05) is 0 Å². The Bertz CT molecular complexity index is 815. The van der Waals surface area contributed by atoms with Crippen LogP contribution in [0.1, 0.15) is 25.8 Å². The van der Waals surface area contributed by atoms with Crippen molar-refractivity contribution in [3.8, 4) is 5.75 Å². The van der Waals surface area contributed by atoms with E-state index in [0.29, 0.717) is 5.69 Å². The zero-order valence-corrected chi connectivity index (χ0v) is 14.2. The Balaban J connectivity index is 1.85. The maximum absolute atomic E-state index is 12.6. The summed E-state index contributed by atoms with van der Waals surface area (Å²) < 4.78 is 5.79. The summed E-state index contributed by atoms with van der Waals surface area (Å²) in [6, 6.07) is 16.4. The van der Waals surface area contributed by atoms with Gasteiger partial charge in [-0.05, 0) is 49.2 Å². The normalized spacial score (nSPS) is 16.9. The molecule has 1 N–H and O–H groups in total. The fourth-order valence-corrected chi connectivity index (χ4v) is 2.48. The quantitative estimate of drug-likeness (QED) is 0.673. The summed E-state index contributed by atoms with van der Waals surface area (Å²) in [6.45, 7) is 4.05. The Labute approximate surface area is 146 Å². The van der Waals surface area contributed by atoms with E-state index in [-0.39, 0.29) is 17.6 Å². The molecule has 1 atom stereocenters. The first kappa shape index (κ1) is 16.8. The zero-order chi connectivity index (χ0) is 17.8. The highest BCUT2D eigenvalue weighted by molar-refractivity contribution is 6.31. The molecule has 25 heavy (non-hydrogen) atoms. The summed E-state index contributed by atoms with van der Waals surface area (Å²) in [4.78, 5) is 24.8. The third-order valence-electron chi connectivity index (χ3n) is 3.99. The smallest absolute Gasteiger partial charge is 0.282 e. The van der Waals surface area contributed by atoms with Gasteiger partial charge < -0.3 is 4.74 Å². The van der Waals surface area contributed by atoms with Crippen molar-refractivity contribution in [2.75, 3.05) is 5.01 Å². The number of hydrogen-bond acceptors (Lipinski definition) is 3. The molecule has 5 nitrogen and oxygen atoms in total. The topological polar surface area (TPSA) is 58.6 Å². The number of hydrogen-bond donors (Lipinski definition) is 1. The van der Waals surface area contributed by atoms with Crippen molar-refractivity contribution in [2.24, 2.45) is 0 Å². The molecule has 3 rings (SSSR count). The summed E-state index contributed by atoms with van der Waals surface area (Å²) in [7, 11) is 0. The van der Waals surface area contributed by atoms with E-state index in [2.05, 4.69) is 12.3 Å². The second-order valence-corrected chi connectivity index (χ2v) is 5.88. The number of carbonyl (C=O) groups excluding carboxylic acids is 2. The van der Waals surface area contributed by atoms with Crippen LogP contribution >= 0.6 is 0 Å². The van der Waals surface area contributed by atoms with Crippen molar-refractivity contribution < 1.29 is 14.3 Å². The van der Waals surface area contributed by atoms with E-state index < -0.39 is 5.91 Å². The average molecular weight is 336 g/mol. The maximum Gasteiger partial charge on any atom is 0.282 e. The van der Waals surface area contributed by atoms with Crippen molar-refractivity contribution in [1.82, 2.24) is 5.43 Å². The summed E-state index contributed by atoms with van der Waals surface area (Å²) in [6.07, 6.45) is 2.59. The minimum Gasteiger partial charge on any atom is -0.491 e. The lowest BCUT2D eigenvalue weighted by atomic mass is 10.1. The molecule has 0 saturated carbocycles. The fraction of sp³-hybridized carbons (Fsp3) is 0.200. The van der Waals surface area contributed by atoms with Crippen LogP contribution in [0, 0.1) is 0 Å². The SMILES string of the molecule is CCC(C)Oc1cccc(C=C2C(=O)NN(c3ccccc3)C2=O)c1. The Morgan fingerprint density at radius 3 is 2.60 bits per heavy atom. The molecule has 5 heteroatoms. The number of carbonyl (C=O) groups is 2. The number of nitrogens with one attached hydrogen (secondary N) is 1. The van der Waals surface area contributed by atoms with Crippen LogP contribution in [-0.2, 0) is 9.59 Å². The summed E-state index contributed by atoms with van der Waals surface area (Å²) in [5.74, 6) is -0.0685. The van der Waals surface area contributed by atoms with Crippen molar-refractivity contribution in [3.63, 3.8) is 0 Å². The second kappa shape index (κ2) is 7.21. The number of benzene rings is 2. The van der Waals surface area contributed by atoms with Crippen LogP contribution in [0.3, 0.4) is 0 Å². The molecular weight excluding hydrogens is 316 g/mol. The Morgan fingerprint density at radius 2 is 1.88 bits per heavy atom. The van der Waals surface area contributed by atoms with E-state index in [1.165, 1.54) is 5.01 Å². The highest BCUT2D eigenvalue weighted by atomic mass is 16.5. The van der Waals surface area contributed by atoms with E-state index >= 15 is 0 Å². The van der Waals surface area contributed by atoms with Gasteiger partial charge in [-0.2, -0.15) is 0 Å². The van der Waals surface area contributed by atoms with Crippen LogP contribution in [0.25, 0.3) is 6.08 Å². The first-order valence-corrected chi connectivity index (χ1v) is 8.27. The zero-order valence-electron chi connectivity index (χ0n) is 14.2. The standard InChI is InChI=1S/C20H20N2O3/c1-3-14(2)25-17-11-7-8-15(12-17)13-18-19(23)21-22(20(18)24)16-9-5-4-6-10-16/h4-14H,3H2,1-2H3,(H,21,23). The molecule has 2 aromatic rings. The molecule has 128 valence electrons. The van der Waals surface area contributed by atoms with Gasteiger partial charge in [0.1, 0.15) is 11.3 Å². The van der Waals surface area contributed by atoms with Gasteiger partial charge in [-0.15, -0.1) is 0 Å². The minimum absolute atomic E-state index is 0.101. The van der Waals surface area contributed by atoms with E-state index in [1.54, 1.807) is 18.2 Å². The summed E-state index contributed by atoms with van der Waals surface area (Å²) >= 11 is 0. The molecule has 0 spiro atoms. The Morgan fingerprint density at radius 1 is 1.12 bits per heavy atom. The molecule has 2 amide bonds. The van der Waals surface area contributed by atoms with Crippen molar-refractivity contribution in [1.29, 1.82) is 0 Å². The maximum atomic E-state index is 12.6. The molecule has 2 aromatic carbocycles. The molecule has 0 aliphatic carbocycles. The van der Waals surface area contributed by atoms with Crippen LogP contribution in [0.5, 0.6) is 5.75 Å². The lowest BCUT2D eigenvalue weighted by Gasteiger charge is -2.14. The molecule has 0 aromatic heterocycles. The number of amides is 2. The minimum atomic E-state index is -0.415. The van der Waals surface area contributed by atoms with Gasteiger partial charge in [0.2, 0.25) is 0 Å². The van der Waals surface area contributed by atoms with Gasteiger partial charge in [0.25, 0.3) is 11.8 Å². The van der Waals surface area contributed by atoms with E-state index in [0.717, 1.165) is 17.7 Å². The second-order valence-electron chi connectivity index (χ2n) is 5.88. The van der Waals surface area contributed by atoms with Crippen LogP contribution in [0.2, 0.25) is 0 Å². The molecule has 1 fully saturated rings. The van der Waals surface area contributed by atoms with E-state index in [9.17, 15) is 9.59 Å². The third kappa shape index (κ3) is 3.71. The molecular formula is C20H20N2O3. The van der Waals surface area contributed by atoms with Gasteiger partial charge >= 0.3 is 0 Å². The molecule has 0 radical (unpaired) electrons. The Kier molecular flexibility index (Phi) is 4.84. The van der Waals surface area contributed by atoms with Crippen LogP contribution in [0.4, 0.5) is 5.69 Å². The highest BCUT2D eigenvalue weighted by Gasteiger charge is 2.34.